The Hall–Kier alpha value is -3.62. The molecular weight excluding hydrogens is 370 g/mol. The molecule has 0 unspecified atom stereocenters. The van der Waals surface area contributed by atoms with Gasteiger partial charge in [0, 0.05) is 31.9 Å². The number of aromatic nitrogens is 4. The Morgan fingerprint density at radius 3 is 2.69 bits per heavy atom. The van der Waals surface area contributed by atoms with E-state index >= 15 is 0 Å². The molecule has 0 bridgehead atoms. The molecule has 3 aromatic rings. The highest BCUT2D eigenvalue weighted by atomic mass is 16.5. The number of ether oxygens (including phenoxy) is 2. The van der Waals surface area contributed by atoms with Gasteiger partial charge in [-0.2, -0.15) is 5.10 Å². The molecule has 0 aliphatic heterocycles. The van der Waals surface area contributed by atoms with E-state index in [9.17, 15) is 0 Å². The maximum absolute atomic E-state index is 5.76. The normalized spacial score (nSPS) is 11.2. The zero-order chi connectivity index (χ0) is 20.5. The summed E-state index contributed by atoms with van der Waals surface area (Å²) >= 11 is 0. The van der Waals surface area contributed by atoms with E-state index in [1.165, 1.54) is 6.33 Å². The topological polar surface area (TPSA) is 98.5 Å². The first-order valence-electron chi connectivity index (χ1n) is 9.30. The second-order valence-electron chi connectivity index (χ2n) is 6.13. The first-order valence-corrected chi connectivity index (χ1v) is 9.30. The van der Waals surface area contributed by atoms with Crippen LogP contribution in [-0.2, 0) is 20.1 Å². The Morgan fingerprint density at radius 1 is 1.14 bits per heavy atom. The third kappa shape index (κ3) is 5.93. The van der Waals surface area contributed by atoms with Crippen LogP contribution in [0.5, 0.6) is 17.4 Å². The molecule has 3 rings (SSSR count). The number of guanidine groups is 1. The van der Waals surface area contributed by atoms with Crippen molar-refractivity contribution in [2.45, 2.75) is 20.0 Å². The fraction of sp³-hybridized carbons (Fsp3) is 0.300. The fourth-order valence-electron chi connectivity index (χ4n) is 2.51. The first-order chi connectivity index (χ1) is 14.2. The van der Waals surface area contributed by atoms with E-state index in [1.54, 1.807) is 18.0 Å². The molecule has 2 N–H and O–H groups in total. The van der Waals surface area contributed by atoms with E-state index < -0.39 is 0 Å². The van der Waals surface area contributed by atoms with E-state index in [4.69, 9.17) is 9.47 Å². The van der Waals surface area contributed by atoms with Gasteiger partial charge in [-0.25, -0.2) is 15.0 Å². The van der Waals surface area contributed by atoms with Crippen LogP contribution in [0, 0.1) is 0 Å². The fourth-order valence-corrected chi connectivity index (χ4v) is 2.51. The van der Waals surface area contributed by atoms with Gasteiger partial charge in [-0.15, -0.1) is 0 Å². The summed E-state index contributed by atoms with van der Waals surface area (Å²) in [7, 11) is 3.48. The van der Waals surface area contributed by atoms with Gasteiger partial charge in [-0.1, -0.05) is 12.1 Å². The molecule has 0 saturated carbocycles. The van der Waals surface area contributed by atoms with Crippen LogP contribution in [0.3, 0.4) is 0 Å². The van der Waals surface area contributed by atoms with Crippen LogP contribution in [0.4, 0.5) is 0 Å². The summed E-state index contributed by atoms with van der Waals surface area (Å²) in [6.07, 6.45) is 3.28. The summed E-state index contributed by atoms with van der Waals surface area (Å²) in [5, 5.41) is 10.5. The number of hydrogen-bond donors (Lipinski definition) is 2. The first kappa shape index (κ1) is 20.1. The Balaban J connectivity index is 1.58. The lowest BCUT2D eigenvalue weighted by Gasteiger charge is -2.11. The van der Waals surface area contributed by atoms with Crippen LogP contribution in [0.1, 0.15) is 18.3 Å². The zero-order valence-electron chi connectivity index (χ0n) is 16.8. The number of methoxy groups -OCH3 is 1. The van der Waals surface area contributed by atoms with Crippen LogP contribution < -0.4 is 20.1 Å². The van der Waals surface area contributed by atoms with Gasteiger partial charge < -0.3 is 20.1 Å². The van der Waals surface area contributed by atoms with Crippen LogP contribution in [0.15, 0.2) is 53.9 Å². The molecule has 2 aromatic heterocycles. The van der Waals surface area contributed by atoms with Crippen molar-refractivity contribution in [3.05, 3.63) is 60.3 Å². The molecule has 9 nitrogen and oxygen atoms in total. The molecule has 0 amide bonds. The van der Waals surface area contributed by atoms with Gasteiger partial charge in [0.1, 0.15) is 23.7 Å². The smallest absolute Gasteiger partial charge is 0.219 e. The maximum Gasteiger partial charge on any atom is 0.219 e. The monoisotopic (exact) mass is 395 g/mol. The molecule has 29 heavy (non-hydrogen) atoms. The summed E-state index contributed by atoms with van der Waals surface area (Å²) < 4.78 is 12.7. The average molecular weight is 395 g/mol. The molecule has 0 aliphatic carbocycles. The molecule has 0 spiro atoms. The number of benzene rings is 1. The zero-order valence-corrected chi connectivity index (χ0v) is 16.8. The van der Waals surface area contributed by atoms with Crippen molar-refractivity contribution in [2.24, 2.45) is 12.0 Å². The van der Waals surface area contributed by atoms with Crippen molar-refractivity contribution in [1.82, 2.24) is 30.4 Å². The maximum atomic E-state index is 5.76. The molecule has 0 atom stereocenters. The van der Waals surface area contributed by atoms with E-state index in [0.29, 0.717) is 30.7 Å². The summed E-state index contributed by atoms with van der Waals surface area (Å²) in [4.78, 5) is 13.1. The number of aliphatic imine (C=N–C) groups is 1. The number of hydrogen-bond acceptors (Lipinski definition) is 6. The summed E-state index contributed by atoms with van der Waals surface area (Å²) in [6.45, 7) is 3.80. The molecule has 0 aliphatic rings. The Labute approximate surface area is 169 Å². The lowest BCUT2D eigenvalue weighted by Crippen LogP contribution is -2.37. The lowest BCUT2D eigenvalue weighted by atomic mass is 10.3. The van der Waals surface area contributed by atoms with Crippen molar-refractivity contribution in [3.8, 4) is 17.4 Å². The number of pyridine rings is 1. The number of nitrogens with zero attached hydrogens (tertiary/aromatic N) is 5. The van der Waals surface area contributed by atoms with Gasteiger partial charge in [0.15, 0.2) is 5.96 Å². The number of aryl methyl sites for hydroxylation is 1. The van der Waals surface area contributed by atoms with Gasteiger partial charge in [-0.05, 0) is 24.6 Å². The number of rotatable bonds is 8. The summed E-state index contributed by atoms with van der Waals surface area (Å²) in [5.41, 5.74) is 0.971. The minimum atomic E-state index is 0.487. The van der Waals surface area contributed by atoms with Gasteiger partial charge in [0.25, 0.3) is 0 Å². The van der Waals surface area contributed by atoms with Gasteiger partial charge >= 0.3 is 0 Å². The standard InChI is InChI=1S/C20H25N7O2/c1-4-21-20(24-13-18-25-14-26-27(18)2)23-12-15-8-9-19(22-11-15)29-17-7-5-6-16(10-17)28-3/h5-11,14H,4,12-13H2,1-3H3,(H2,21,23,24). The summed E-state index contributed by atoms with van der Waals surface area (Å²) in [5.74, 6) is 3.45. The van der Waals surface area contributed by atoms with Crippen molar-refractivity contribution in [2.75, 3.05) is 13.7 Å². The predicted octanol–water partition coefficient (Wildman–Crippen LogP) is 2.27. The van der Waals surface area contributed by atoms with Gasteiger partial charge in [0.2, 0.25) is 5.88 Å². The molecule has 2 heterocycles. The molecule has 152 valence electrons. The van der Waals surface area contributed by atoms with Crippen LogP contribution >= 0.6 is 0 Å². The molecule has 9 heteroatoms. The van der Waals surface area contributed by atoms with Crippen molar-refractivity contribution in [1.29, 1.82) is 0 Å². The highest BCUT2D eigenvalue weighted by Crippen LogP contribution is 2.23. The minimum Gasteiger partial charge on any atom is -0.497 e. The van der Waals surface area contributed by atoms with Crippen molar-refractivity contribution in [3.63, 3.8) is 0 Å². The SMILES string of the molecule is CCNC(=NCc1ccc(Oc2cccc(OC)c2)nc1)NCc1ncnn1C. The Kier molecular flexibility index (Phi) is 6.99. The molecule has 0 saturated heterocycles. The molecule has 0 fully saturated rings. The molecule has 0 radical (unpaired) electrons. The third-order valence-corrected chi connectivity index (χ3v) is 4.04. The van der Waals surface area contributed by atoms with Gasteiger partial charge in [0.05, 0.1) is 20.2 Å². The van der Waals surface area contributed by atoms with E-state index in [1.807, 2.05) is 50.4 Å². The largest absolute Gasteiger partial charge is 0.497 e. The Morgan fingerprint density at radius 2 is 2.00 bits per heavy atom. The highest BCUT2D eigenvalue weighted by molar-refractivity contribution is 5.79. The Bertz CT molecular complexity index is 938. The van der Waals surface area contributed by atoms with Crippen molar-refractivity contribution >= 4 is 5.96 Å². The van der Waals surface area contributed by atoms with E-state index in [2.05, 4.69) is 30.7 Å². The summed E-state index contributed by atoms with van der Waals surface area (Å²) in [6, 6.07) is 11.2. The van der Waals surface area contributed by atoms with E-state index in [-0.39, 0.29) is 0 Å². The quantitative estimate of drug-likeness (QED) is 0.446. The minimum absolute atomic E-state index is 0.487. The van der Waals surface area contributed by atoms with Gasteiger partial charge in [-0.3, -0.25) is 4.68 Å². The average Bonchev–Trinajstić information content (AvgIpc) is 3.16. The predicted molar refractivity (Wildman–Crippen MR) is 110 cm³/mol. The molecular formula is C20H25N7O2. The lowest BCUT2D eigenvalue weighted by molar-refractivity contribution is 0.407. The second kappa shape index (κ2) is 10.1. The van der Waals surface area contributed by atoms with Crippen molar-refractivity contribution < 1.29 is 9.47 Å². The van der Waals surface area contributed by atoms with Crippen LogP contribution in [0.2, 0.25) is 0 Å². The number of nitrogens with one attached hydrogen (secondary N) is 2. The van der Waals surface area contributed by atoms with E-state index in [0.717, 1.165) is 23.7 Å². The third-order valence-electron chi connectivity index (χ3n) is 4.04. The molecule has 1 aromatic carbocycles. The van der Waals surface area contributed by atoms with Crippen LogP contribution in [-0.4, -0.2) is 39.4 Å². The van der Waals surface area contributed by atoms with Crippen LogP contribution in [0.25, 0.3) is 0 Å². The highest BCUT2D eigenvalue weighted by Gasteiger charge is 2.04. The second-order valence-corrected chi connectivity index (χ2v) is 6.13.